The molecule has 0 saturated carbocycles. The second kappa shape index (κ2) is 5.32. The van der Waals surface area contributed by atoms with Crippen LogP contribution in [0, 0.1) is 10.1 Å². The third-order valence-corrected chi connectivity index (χ3v) is 2.80. The highest BCUT2D eigenvalue weighted by molar-refractivity contribution is 6.33. The zero-order chi connectivity index (χ0) is 13.9. The summed E-state index contributed by atoms with van der Waals surface area (Å²) in [5.74, 6) is -0.438. The van der Waals surface area contributed by atoms with E-state index < -0.39 is 16.4 Å². The average Bonchev–Trinajstić information content (AvgIpc) is 2.31. The zero-order valence-corrected chi connectivity index (χ0v) is 10.9. The first kappa shape index (κ1) is 14.4. The number of methoxy groups -OCH3 is 1. The van der Waals surface area contributed by atoms with E-state index in [-0.39, 0.29) is 16.4 Å². The lowest BCUT2D eigenvalue weighted by Crippen LogP contribution is -2.38. The molecule has 0 aromatic heterocycles. The molecule has 0 atom stereocenters. The lowest BCUT2D eigenvalue weighted by Gasteiger charge is -2.21. The Morgan fingerprint density at radius 3 is 2.61 bits per heavy atom. The molecule has 0 heterocycles. The summed E-state index contributed by atoms with van der Waals surface area (Å²) in [5.41, 5.74) is -1.01. The van der Waals surface area contributed by atoms with Gasteiger partial charge in [0.05, 0.1) is 15.6 Å². The Morgan fingerprint density at radius 2 is 2.11 bits per heavy atom. The van der Waals surface area contributed by atoms with Gasteiger partial charge in [0.1, 0.15) is 5.60 Å². The normalized spacial score (nSPS) is 11.1. The molecule has 0 radical (unpaired) electrons. The summed E-state index contributed by atoms with van der Waals surface area (Å²) in [4.78, 5) is 21.9. The van der Waals surface area contributed by atoms with E-state index in [4.69, 9.17) is 16.3 Å². The van der Waals surface area contributed by atoms with Gasteiger partial charge in [-0.15, -0.1) is 0 Å². The minimum Gasteiger partial charge on any atom is -0.369 e. The second-order valence-corrected chi connectivity index (χ2v) is 4.50. The van der Waals surface area contributed by atoms with E-state index in [9.17, 15) is 14.9 Å². The molecule has 0 aliphatic rings. The molecule has 0 unspecified atom stereocenters. The van der Waals surface area contributed by atoms with Gasteiger partial charge in [0.15, 0.2) is 0 Å². The number of nitrogens with zero attached hydrogens (tertiary/aromatic N) is 1. The van der Waals surface area contributed by atoms with Crippen LogP contribution in [-0.2, 0) is 9.53 Å². The fourth-order valence-electron chi connectivity index (χ4n) is 1.09. The Morgan fingerprint density at radius 1 is 1.50 bits per heavy atom. The van der Waals surface area contributed by atoms with Crippen LogP contribution in [0.5, 0.6) is 0 Å². The average molecular weight is 273 g/mol. The number of ether oxygens (including phenoxy) is 1. The number of rotatable bonds is 4. The number of anilines is 1. The highest BCUT2D eigenvalue weighted by Crippen LogP contribution is 2.27. The largest absolute Gasteiger partial charge is 0.369 e. The first-order valence-corrected chi connectivity index (χ1v) is 5.46. The number of nitrogens with one attached hydrogen (secondary N) is 1. The van der Waals surface area contributed by atoms with Gasteiger partial charge < -0.3 is 10.1 Å². The Balaban J connectivity index is 3.01. The van der Waals surface area contributed by atoms with Crippen LogP contribution in [0.3, 0.4) is 0 Å². The van der Waals surface area contributed by atoms with Gasteiger partial charge in [-0.3, -0.25) is 14.9 Å². The number of non-ortho nitro benzene ring substituents is 1. The summed E-state index contributed by atoms with van der Waals surface area (Å²) in [6, 6.07) is 3.82. The van der Waals surface area contributed by atoms with Crippen LogP contribution in [0.4, 0.5) is 11.4 Å². The Bertz CT molecular complexity index is 488. The number of hydrogen-bond acceptors (Lipinski definition) is 4. The molecule has 0 bridgehead atoms. The summed E-state index contributed by atoms with van der Waals surface area (Å²) < 4.78 is 5.00. The molecule has 0 fully saturated rings. The maximum Gasteiger partial charge on any atom is 0.271 e. The van der Waals surface area contributed by atoms with Gasteiger partial charge in [-0.1, -0.05) is 11.6 Å². The van der Waals surface area contributed by atoms with Crippen molar-refractivity contribution < 1.29 is 14.5 Å². The van der Waals surface area contributed by atoms with E-state index in [1.165, 1.54) is 25.3 Å². The number of hydrogen-bond donors (Lipinski definition) is 1. The maximum absolute atomic E-state index is 11.8. The van der Waals surface area contributed by atoms with Crippen molar-refractivity contribution in [3.63, 3.8) is 0 Å². The third-order valence-electron chi connectivity index (χ3n) is 2.47. The second-order valence-electron chi connectivity index (χ2n) is 4.09. The number of benzene rings is 1. The number of carbonyl (C=O) groups excluding carboxylic acids is 1. The molecule has 1 amide bonds. The van der Waals surface area contributed by atoms with E-state index in [1.807, 2.05) is 0 Å². The first-order valence-electron chi connectivity index (χ1n) is 5.08. The van der Waals surface area contributed by atoms with Crippen LogP contribution in [-0.4, -0.2) is 23.5 Å². The van der Waals surface area contributed by atoms with Gasteiger partial charge in [-0.25, -0.2) is 0 Å². The highest BCUT2D eigenvalue weighted by Gasteiger charge is 2.27. The minimum absolute atomic E-state index is 0.148. The van der Waals surface area contributed by atoms with Crippen molar-refractivity contribution in [3.8, 4) is 0 Å². The molecule has 1 N–H and O–H groups in total. The highest BCUT2D eigenvalue weighted by atomic mass is 35.5. The SMILES string of the molecule is COC(C)(C)C(=O)Nc1cc([N+](=O)[O-])ccc1Cl. The number of nitro benzene ring substituents is 1. The van der Waals surface area contributed by atoms with E-state index in [2.05, 4.69) is 5.32 Å². The van der Waals surface area contributed by atoms with Crippen molar-refractivity contribution in [3.05, 3.63) is 33.3 Å². The monoisotopic (exact) mass is 272 g/mol. The Kier molecular flexibility index (Phi) is 4.26. The van der Waals surface area contributed by atoms with Crippen molar-refractivity contribution in [2.24, 2.45) is 0 Å². The molecule has 0 saturated heterocycles. The quantitative estimate of drug-likeness (QED) is 0.675. The fourth-order valence-corrected chi connectivity index (χ4v) is 1.25. The van der Waals surface area contributed by atoms with E-state index in [1.54, 1.807) is 13.8 Å². The van der Waals surface area contributed by atoms with Crippen LogP contribution in [0.15, 0.2) is 18.2 Å². The van der Waals surface area contributed by atoms with Gasteiger partial charge in [0.2, 0.25) is 0 Å². The van der Waals surface area contributed by atoms with E-state index in [0.717, 1.165) is 0 Å². The molecular formula is C11H13ClN2O4. The standard InChI is InChI=1S/C11H13ClN2O4/c1-11(2,18-3)10(15)13-9-6-7(14(16)17)4-5-8(9)12/h4-6H,1-3H3,(H,13,15). The Hall–Kier alpha value is -1.66. The van der Waals surface area contributed by atoms with Gasteiger partial charge in [-0.2, -0.15) is 0 Å². The Labute approximate surface area is 109 Å². The summed E-state index contributed by atoms with van der Waals surface area (Å²) in [7, 11) is 1.40. The molecule has 0 aliphatic carbocycles. The molecular weight excluding hydrogens is 260 g/mol. The third kappa shape index (κ3) is 3.18. The summed E-state index contributed by atoms with van der Waals surface area (Å²) in [6.07, 6.45) is 0. The maximum atomic E-state index is 11.8. The topological polar surface area (TPSA) is 81.5 Å². The molecule has 1 aromatic rings. The summed E-state index contributed by atoms with van der Waals surface area (Å²) >= 11 is 5.86. The smallest absolute Gasteiger partial charge is 0.271 e. The molecule has 18 heavy (non-hydrogen) atoms. The molecule has 1 aromatic carbocycles. The number of halogens is 1. The van der Waals surface area contributed by atoms with Crippen LogP contribution in [0.1, 0.15) is 13.8 Å². The van der Waals surface area contributed by atoms with Crippen molar-refractivity contribution in [2.75, 3.05) is 12.4 Å². The first-order chi connectivity index (χ1) is 8.27. The number of nitro groups is 1. The number of amides is 1. The van der Waals surface area contributed by atoms with Gasteiger partial charge in [0.25, 0.3) is 11.6 Å². The molecule has 1 rings (SSSR count). The predicted molar refractivity (Wildman–Crippen MR) is 67.8 cm³/mol. The summed E-state index contributed by atoms with van der Waals surface area (Å²) in [6.45, 7) is 3.15. The van der Waals surface area contributed by atoms with Crippen molar-refractivity contribution in [2.45, 2.75) is 19.4 Å². The lowest BCUT2D eigenvalue weighted by molar-refractivity contribution is -0.384. The summed E-state index contributed by atoms with van der Waals surface area (Å²) in [5, 5.41) is 13.3. The van der Waals surface area contributed by atoms with Crippen LogP contribution in [0.25, 0.3) is 0 Å². The minimum atomic E-state index is -1.05. The van der Waals surface area contributed by atoms with Gasteiger partial charge >= 0.3 is 0 Å². The van der Waals surface area contributed by atoms with Crippen LogP contribution >= 0.6 is 11.6 Å². The molecule has 7 heteroatoms. The van der Waals surface area contributed by atoms with Crippen molar-refractivity contribution in [1.82, 2.24) is 0 Å². The van der Waals surface area contributed by atoms with Gasteiger partial charge in [-0.05, 0) is 19.9 Å². The van der Waals surface area contributed by atoms with E-state index in [0.29, 0.717) is 0 Å². The van der Waals surface area contributed by atoms with E-state index >= 15 is 0 Å². The molecule has 6 nitrogen and oxygen atoms in total. The molecule has 0 spiro atoms. The van der Waals surface area contributed by atoms with Crippen molar-refractivity contribution >= 4 is 28.9 Å². The molecule has 98 valence electrons. The van der Waals surface area contributed by atoms with Crippen LogP contribution in [0.2, 0.25) is 5.02 Å². The lowest BCUT2D eigenvalue weighted by atomic mass is 10.1. The van der Waals surface area contributed by atoms with Gasteiger partial charge in [0, 0.05) is 19.2 Å². The predicted octanol–water partition coefficient (Wildman–Crippen LogP) is 2.61. The molecule has 0 aliphatic heterocycles. The zero-order valence-electron chi connectivity index (χ0n) is 10.2. The number of carbonyl (C=O) groups is 1. The fraction of sp³-hybridized carbons (Fsp3) is 0.364. The van der Waals surface area contributed by atoms with Crippen LogP contribution < -0.4 is 5.32 Å². The van der Waals surface area contributed by atoms with Crippen molar-refractivity contribution in [1.29, 1.82) is 0 Å².